The lowest BCUT2D eigenvalue weighted by atomic mass is 9.83. The van der Waals surface area contributed by atoms with Gasteiger partial charge < -0.3 is 9.80 Å². The zero-order valence-corrected chi connectivity index (χ0v) is 16.0. The third kappa shape index (κ3) is 4.21. The first-order chi connectivity index (χ1) is 13.2. The van der Waals surface area contributed by atoms with Crippen molar-refractivity contribution in [1.82, 2.24) is 20.1 Å². The van der Waals surface area contributed by atoms with E-state index < -0.39 is 0 Å². The third-order valence-corrected chi connectivity index (χ3v) is 6.22. The fourth-order valence-electron chi connectivity index (χ4n) is 4.53. The van der Waals surface area contributed by atoms with Crippen LogP contribution in [0, 0.1) is 18.8 Å². The number of aryl methyl sites for hydroxylation is 1. The van der Waals surface area contributed by atoms with Gasteiger partial charge in [0.25, 0.3) is 5.91 Å². The van der Waals surface area contributed by atoms with Crippen LogP contribution in [-0.2, 0) is 6.42 Å². The molecule has 2 saturated heterocycles. The average Bonchev–Trinajstić information content (AvgIpc) is 3.36. The molecule has 3 heterocycles. The minimum atomic E-state index is -0.0388. The van der Waals surface area contributed by atoms with Gasteiger partial charge in [-0.1, -0.05) is 35.5 Å². The largest absolute Gasteiger partial charge is 0.337 e. The summed E-state index contributed by atoms with van der Waals surface area (Å²) in [5, 5.41) is 7.48. The smallest absolute Gasteiger partial charge is 0.278 e. The van der Waals surface area contributed by atoms with E-state index in [0.29, 0.717) is 11.4 Å². The highest BCUT2D eigenvalue weighted by atomic mass is 16.6. The van der Waals surface area contributed by atoms with Crippen LogP contribution in [0.15, 0.2) is 35.0 Å². The van der Waals surface area contributed by atoms with Crippen LogP contribution in [-0.4, -0.2) is 58.7 Å². The van der Waals surface area contributed by atoms with E-state index >= 15 is 0 Å². The number of carbonyl (C=O) groups excluding carboxylic acids is 1. The second-order valence-electron chi connectivity index (χ2n) is 7.91. The van der Waals surface area contributed by atoms with Crippen LogP contribution in [0.3, 0.4) is 0 Å². The summed E-state index contributed by atoms with van der Waals surface area (Å²) in [5.41, 5.74) is 2.36. The molecule has 0 N–H and O–H groups in total. The maximum Gasteiger partial charge on any atom is 0.278 e. The molecule has 2 aliphatic heterocycles. The molecule has 0 radical (unpaired) electrons. The summed E-state index contributed by atoms with van der Waals surface area (Å²) in [4.78, 5) is 17.1. The quantitative estimate of drug-likeness (QED) is 0.812. The Balaban J connectivity index is 1.23. The fourth-order valence-corrected chi connectivity index (χ4v) is 4.53. The number of benzene rings is 1. The Morgan fingerprint density at radius 1 is 1.07 bits per heavy atom. The molecule has 6 heteroatoms. The van der Waals surface area contributed by atoms with Crippen LogP contribution in [0.25, 0.3) is 0 Å². The number of amides is 1. The summed E-state index contributed by atoms with van der Waals surface area (Å²) in [5.74, 6) is 1.46. The molecule has 6 nitrogen and oxygen atoms in total. The van der Waals surface area contributed by atoms with Gasteiger partial charge in [-0.15, -0.1) is 0 Å². The van der Waals surface area contributed by atoms with E-state index in [1.807, 2.05) is 4.90 Å². The summed E-state index contributed by atoms with van der Waals surface area (Å²) in [6.07, 6.45) is 4.60. The van der Waals surface area contributed by atoms with Crippen molar-refractivity contribution in [2.45, 2.75) is 32.6 Å². The van der Waals surface area contributed by atoms with Gasteiger partial charge in [-0.05, 0) is 61.7 Å². The van der Waals surface area contributed by atoms with Crippen LogP contribution in [0.2, 0.25) is 0 Å². The Labute approximate surface area is 160 Å². The summed E-state index contributed by atoms with van der Waals surface area (Å²) in [7, 11) is 0. The molecule has 2 aromatic rings. The summed E-state index contributed by atoms with van der Waals surface area (Å²) in [6, 6.07) is 10.7. The molecule has 0 spiro atoms. The molecule has 0 bridgehead atoms. The first-order valence-electron chi connectivity index (χ1n) is 10.1. The molecule has 27 heavy (non-hydrogen) atoms. The van der Waals surface area contributed by atoms with E-state index in [4.69, 9.17) is 0 Å². The first-order valence-corrected chi connectivity index (χ1v) is 10.1. The number of carbonyl (C=O) groups is 1. The minimum absolute atomic E-state index is 0.0388. The van der Waals surface area contributed by atoms with Gasteiger partial charge in [0.2, 0.25) is 0 Å². The monoisotopic (exact) mass is 368 g/mol. The van der Waals surface area contributed by atoms with Crippen LogP contribution in [0.5, 0.6) is 0 Å². The van der Waals surface area contributed by atoms with Gasteiger partial charge in [-0.2, -0.15) is 0 Å². The molecule has 0 saturated carbocycles. The van der Waals surface area contributed by atoms with Crippen molar-refractivity contribution in [2.24, 2.45) is 11.8 Å². The van der Waals surface area contributed by atoms with Crippen molar-refractivity contribution in [1.29, 1.82) is 0 Å². The molecule has 1 aromatic heterocycles. The van der Waals surface area contributed by atoms with Gasteiger partial charge in [-0.3, -0.25) is 4.79 Å². The van der Waals surface area contributed by atoms with Crippen LogP contribution < -0.4 is 0 Å². The van der Waals surface area contributed by atoms with Gasteiger partial charge >= 0.3 is 0 Å². The van der Waals surface area contributed by atoms with E-state index in [0.717, 1.165) is 50.7 Å². The van der Waals surface area contributed by atoms with Gasteiger partial charge in [0.05, 0.1) is 0 Å². The van der Waals surface area contributed by atoms with E-state index in [1.165, 1.54) is 25.1 Å². The van der Waals surface area contributed by atoms with Crippen LogP contribution >= 0.6 is 0 Å². The van der Waals surface area contributed by atoms with E-state index in [1.54, 1.807) is 6.92 Å². The number of hydrogen-bond acceptors (Lipinski definition) is 5. The molecule has 4 rings (SSSR count). The highest BCUT2D eigenvalue weighted by Crippen LogP contribution is 2.32. The average molecular weight is 368 g/mol. The van der Waals surface area contributed by atoms with Crippen molar-refractivity contribution in [3.05, 3.63) is 47.3 Å². The summed E-state index contributed by atoms with van der Waals surface area (Å²) < 4.78 is 4.67. The van der Waals surface area contributed by atoms with Gasteiger partial charge in [0, 0.05) is 26.2 Å². The van der Waals surface area contributed by atoms with E-state index in [-0.39, 0.29) is 5.91 Å². The number of likely N-dealkylation sites (tertiary alicyclic amines) is 2. The Morgan fingerprint density at radius 3 is 2.52 bits per heavy atom. The number of piperidine rings is 1. The number of nitrogens with zero attached hydrogens (tertiary/aromatic N) is 4. The highest BCUT2D eigenvalue weighted by Gasteiger charge is 2.33. The van der Waals surface area contributed by atoms with Gasteiger partial charge in [-0.25, -0.2) is 4.63 Å². The molecule has 1 aromatic carbocycles. The number of rotatable bonds is 5. The van der Waals surface area contributed by atoms with Crippen molar-refractivity contribution in [3.63, 3.8) is 0 Å². The molecule has 1 atom stereocenters. The SMILES string of the molecule is Cc1nonc1C(=O)N1CCC(C2CCN(CCc3ccccc3)C2)CC1. The standard InChI is InChI=1S/C21H28N4O2/c1-16-20(23-27-22-16)21(26)25-13-9-18(10-14-25)19-8-12-24(15-19)11-7-17-5-3-2-4-6-17/h2-6,18-19H,7-15H2,1H3. The minimum Gasteiger partial charge on any atom is -0.337 e. The predicted octanol–water partition coefficient (Wildman–Crippen LogP) is 2.79. The second kappa shape index (κ2) is 8.21. The maximum absolute atomic E-state index is 12.5. The molecule has 2 fully saturated rings. The van der Waals surface area contributed by atoms with Crippen molar-refractivity contribution >= 4 is 5.91 Å². The van der Waals surface area contributed by atoms with Gasteiger partial charge in [0.1, 0.15) is 5.69 Å². The Kier molecular flexibility index (Phi) is 5.53. The molecule has 1 amide bonds. The lowest BCUT2D eigenvalue weighted by Crippen LogP contribution is -2.41. The normalized spacial score (nSPS) is 21.7. The molecular formula is C21H28N4O2. The Hall–Kier alpha value is -2.21. The topological polar surface area (TPSA) is 62.5 Å². The van der Waals surface area contributed by atoms with Crippen molar-refractivity contribution in [3.8, 4) is 0 Å². The maximum atomic E-state index is 12.5. The highest BCUT2D eigenvalue weighted by molar-refractivity contribution is 5.93. The second-order valence-corrected chi connectivity index (χ2v) is 7.91. The third-order valence-electron chi connectivity index (χ3n) is 6.22. The molecular weight excluding hydrogens is 340 g/mol. The zero-order valence-electron chi connectivity index (χ0n) is 16.0. The Morgan fingerprint density at radius 2 is 1.81 bits per heavy atom. The molecule has 1 unspecified atom stereocenters. The van der Waals surface area contributed by atoms with Crippen molar-refractivity contribution < 1.29 is 9.42 Å². The van der Waals surface area contributed by atoms with Crippen LogP contribution in [0.1, 0.15) is 41.0 Å². The Bertz CT molecular complexity index is 753. The predicted molar refractivity (Wildman–Crippen MR) is 102 cm³/mol. The fraction of sp³-hybridized carbons (Fsp3) is 0.571. The number of hydrogen-bond donors (Lipinski definition) is 0. The first kappa shape index (κ1) is 18.2. The van der Waals surface area contributed by atoms with E-state index in [9.17, 15) is 4.79 Å². The molecule has 144 valence electrons. The lowest BCUT2D eigenvalue weighted by Gasteiger charge is -2.34. The number of aromatic nitrogens is 2. The molecule has 2 aliphatic rings. The van der Waals surface area contributed by atoms with Crippen LogP contribution in [0.4, 0.5) is 0 Å². The summed E-state index contributed by atoms with van der Waals surface area (Å²) in [6.45, 7) is 6.96. The van der Waals surface area contributed by atoms with Gasteiger partial charge in [0.15, 0.2) is 5.69 Å². The van der Waals surface area contributed by atoms with Crippen molar-refractivity contribution in [2.75, 3.05) is 32.7 Å². The van der Waals surface area contributed by atoms with E-state index in [2.05, 4.69) is 50.2 Å². The molecule has 0 aliphatic carbocycles. The lowest BCUT2D eigenvalue weighted by molar-refractivity contribution is 0.0648. The summed E-state index contributed by atoms with van der Waals surface area (Å²) >= 11 is 0. The zero-order chi connectivity index (χ0) is 18.6.